The van der Waals surface area contributed by atoms with Crippen LogP contribution in [0.15, 0.2) is 41.3 Å². The zero-order valence-corrected chi connectivity index (χ0v) is 14.7. The lowest BCUT2D eigenvalue weighted by molar-refractivity contribution is -0.122. The summed E-state index contributed by atoms with van der Waals surface area (Å²) in [5.41, 5.74) is 2.71. The topological polar surface area (TPSA) is 58.2 Å². The van der Waals surface area contributed by atoms with Gasteiger partial charge in [-0.25, -0.2) is 8.78 Å². The van der Waals surface area contributed by atoms with E-state index >= 15 is 0 Å². The van der Waals surface area contributed by atoms with Gasteiger partial charge >= 0.3 is 0 Å². The molecular formula is C18H18F2N2O2S. The van der Waals surface area contributed by atoms with Gasteiger partial charge in [-0.05, 0) is 43.2 Å². The van der Waals surface area contributed by atoms with Gasteiger partial charge in [-0.15, -0.1) is 11.8 Å². The van der Waals surface area contributed by atoms with Gasteiger partial charge in [0.1, 0.15) is 11.6 Å². The van der Waals surface area contributed by atoms with E-state index in [9.17, 15) is 18.4 Å². The first kappa shape index (κ1) is 18.9. The second-order valence-electron chi connectivity index (χ2n) is 5.44. The van der Waals surface area contributed by atoms with Crippen LogP contribution in [0.1, 0.15) is 11.1 Å². The van der Waals surface area contributed by atoms with Crippen LogP contribution in [-0.4, -0.2) is 24.1 Å². The maximum absolute atomic E-state index is 13.5. The normalized spacial score (nSPS) is 10.4. The highest BCUT2D eigenvalue weighted by Gasteiger charge is 2.10. The Kier molecular flexibility index (Phi) is 6.52. The van der Waals surface area contributed by atoms with E-state index in [1.54, 1.807) is 6.07 Å². The summed E-state index contributed by atoms with van der Waals surface area (Å²) in [7, 11) is 0. The van der Waals surface area contributed by atoms with Gasteiger partial charge in [0.2, 0.25) is 11.8 Å². The third-order valence-electron chi connectivity index (χ3n) is 3.58. The first-order valence-corrected chi connectivity index (χ1v) is 8.56. The second-order valence-corrected chi connectivity index (χ2v) is 6.45. The van der Waals surface area contributed by atoms with Crippen molar-refractivity contribution in [2.24, 2.45) is 0 Å². The summed E-state index contributed by atoms with van der Waals surface area (Å²) < 4.78 is 26.3. The third kappa shape index (κ3) is 5.56. The summed E-state index contributed by atoms with van der Waals surface area (Å²) in [5, 5.41) is 5.20. The number of hydrogen-bond donors (Lipinski definition) is 2. The number of aryl methyl sites for hydroxylation is 1. The Bertz CT molecular complexity index is 797. The van der Waals surface area contributed by atoms with Gasteiger partial charge in [0.25, 0.3) is 0 Å². The van der Waals surface area contributed by atoms with E-state index in [1.807, 2.05) is 26.0 Å². The van der Waals surface area contributed by atoms with Crippen LogP contribution < -0.4 is 10.6 Å². The first-order valence-electron chi connectivity index (χ1n) is 7.57. The molecule has 0 spiro atoms. The van der Waals surface area contributed by atoms with Crippen molar-refractivity contribution in [1.29, 1.82) is 0 Å². The number of benzene rings is 2. The Hall–Kier alpha value is -2.41. The number of halogens is 2. The van der Waals surface area contributed by atoms with Gasteiger partial charge in [-0.2, -0.15) is 0 Å². The van der Waals surface area contributed by atoms with Crippen molar-refractivity contribution < 1.29 is 18.4 Å². The van der Waals surface area contributed by atoms with Crippen LogP contribution in [0.4, 0.5) is 14.5 Å². The molecule has 25 heavy (non-hydrogen) atoms. The lowest BCUT2D eigenvalue weighted by Gasteiger charge is -2.11. The highest BCUT2D eigenvalue weighted by atomic mass is 32.2. The van der Waals surface area contributed by atoms with Crippen LogP contribution in [0.5, 0.6) is 0 Å². The van der Waals surface area contributed by atoms with Gasteiger partial charge in [0.05, 0.1) is 12.3 Å². The number of carbonyl (C=O) groups is 2. The zero-order valence-electron chi connectivity index (χ0n) is 13.9. The monoisotopic (exact) mass is 364 g/mol. The molecule has 4 nitrogen and oxygen atoms in total. The minimum Gasteiger partial charge on any atom is -0.346 e. The second kappa shape index (κ2) is 8.62. The Labute approximate surface area is 149 Å². The molecule has 132 valence electrons. The quantitative estimate of drug-likeness (QED) is 0.772. The molecule has 0 saturated carbocycles. The molecule has 2 amide bonds. The van der Waals surface area contributed by atoms with Crippen LogP contribution in [0, 0.1) is 25.5 Å². The summed E-state index contributed by atoms with van der Waals surface area (Å²) in [5.74, 6) is -2.22. The molecule has 0 aliphatic rings. The maximum Gasteiger partial charge on any atom is 0.243 e. The van der Waals surface area contributed by atoms with Crippen molar-refractivity contribution >= 4 is 29.3 Å². The van der Waals surface area contributed by atoms with E-state index in [4.69, 9.17) is 0 Å². The zero-order chi connectivity index (χ0) is 18.4. The van der Waals surface area contributed by atoms with E-state index in [0.29, 0.717) is 5.69 Å². The van der Waals surface area contributed by atoms with Crippen LogP contribution in [0.2, 0.25) is 0 Å². The predicted molar refractivity (Wildman–Crippen MR) is 94.6 cm³/mol. The van der Waals surface area contributed by atoms with Crippen molar-refractivity contribution in [3.05, 3.63) is 59.2 Å². The lowest BCUT2D eigenvalue weighted by atomic mass is 10.1. The Morgan fingerprint density at radius 2 is 1.84 bits per heavy atom. The number of rotatable bonds is 6. The van der Waals surface area contributed by atoms with E-state index < -0.39 is 17.5 Å². The van der Waals surface area contributed by atoms with Gasteiger partial charge in [-0.1, -0.05) is 12.1 Å². The predicted octanol–water partition coefficient (Wildman–Crippen LogP) is 3.43. The number of anilines is 1. The summed E-state index contributed by atoms with van der Waals surface area (Å²) in [6.45, 7) is 3.66. The van der Waals surface area contributed by atoms with Gasteiger partial charge < -0.3 is 10.6 Å². The van der Waals surface area contributed by atoms with Crippen molar-refractivity contribution in [3.8, 4) is 0 Å². The van der Waals surface area contributed by atoms with E-state index in [0.717, 1.165) is 35.0 Å². The average Bonchev–Trinajstić information content (AvgIpc) is 2.56. The first-order chi connectivity index (χ1) is 11.9. The third-order valence-corrected chi connectivity index (χ3v) is 4.63. The molecule has 0 saturated heterocycles. The minimum absolute atomic E-state index is 0.0701. The molecule has 0 aromatic heterocycles. The average molecular weight is 364 g/mol. The largest absolute Gasteiger partial charge is 0.346 e. The minimum atomic E-state index is -0.717. The van der Waals surface area contributed by atoms with Crippen LogP contribution in [0.25, 0.3) is 0 Å². The smallest absolute Gasteiger partial charge is 0.243 e. The van der Waals surface area contributed by atoms with E-state index in [-0.39, 0.29) is 23.1 Å². The molecule has 0 bridgehead atoms. The Morgan fingerprint density at radius 1 is 1.08 bits per heavy atom. The fourth-order valence-corrected chi connectivity index (χ4v) is 2.80. The van der Waals surface area contributed by atoms with Crippen molar-refractivity contribution in [3.63, 3.8) is 0 Å². The molecule has 2 N–H and O–H groups in total. The fourth-order valence-electron chi connectivity index (χ4n) is 2.05. The number of carbonyl (C=O) groups excluding carboxylic acids is 2. The number of amides is 2. The number of hydrogen-bond acceptors (Lipinski definition) is 3. The van der Waals surface area contributed by atoms with Crippen LogP contribution in [-0.2, 0) is 9.59 Å². The number of thioether (sulfide) groups is 1. The SMILES string of the molecule is Cc1cccc(NC(=O)CNC(=O)CSc2ccc(F)cc2F)c1C. The van der Waals surface area contributed by atoms with Crippen molar-refractivity contribution in [1.82, 2.24) is 5.32 Å². The van der Waals surface area contributed by atoms with Gasteiger partial charge in [0, 0.05) is 16.6 Å². The lowest BCUT2D eigenvalue weighted by Crippen LogP contribution is -2.34. The summed E-state index contributed by atoms with van der Waals surface area (Å²) >= 11 is 0.938. The standard InChI is InChI=1S/C18H18F2N2O2S/c1-11-4-3-5-15(12(11)2)22-17(23)9-21-18(24)10-25-16-7-6-13(19)8-14(16)20/h3-8H,9-10H2,1-2H3,(H,21,24)(H,22,23). The molecule has 2 aromatic carbocycles. The highest BCUT2D eigenvalue weighted by molar-refractivity contribution is 8.00. The molecule has 0 atom stereocenters. The van der Waals surface area contributed by atoms with Gasteiger partial charge in [0.15, 0.2) is 0 Å². The molecule has 0 aliphatic heterocycles. The molecule has 0 heterocycles. The molecule has 7 heteroatoms. The Balaban J connectivity index is 1.79. The molecule has 0 radical (unpaired) electrons. The highest BCUT2D eigenvalue weighted by Crippen LogP contribution is 2.22. The Morgan fingerprint density at radius 3 is 2.56 bits per heavy atom. The maximum atomic E-state index is 13.5. The molecular weight excluding hydrogens is 346 g/mol. The fraction of sp³-hybridized carbons (Fsp3) is 0.222. The molecule has 2 aromatic rings. The van der Waals surface area contributed by atoms with E-state index in [2.05, 4.69) is 10.6 Å². The summed E-state index contributed by atoms with van der Waals surface area (Å²) in [6.07, 6.45) is 0. The van der Waals surface area contributed by atoms with Crippen LogP contribution >= 0.6 is 11.8 Å². The van der Waals surface area contributed by atoms with Crippen molar-refractivity contribution in [2.75, 3.05) is 17.6 Å². The van der Waals surface area contributed by atoms with Crippen molar-refractivity contribution in [2.45, 2.75) is 18.7 Å². The molecule has 0 fully saturated rings. The van der Waals surface area contributed by atoms with Crippen LogP contribution in [0.3, 0.4) is 0 Å². The molecule has 2 rings (SSSR count). The van der Waals surface area contributed by atoms with Gasteiger partial charge in [-0.3, -0.25) is 9.59 Å². The summed E-state index contributed by atoms with van der Waals surface area (Å²) in [6, 6.07) is 8.73. The molecule has 0 aliphatic carbocycles. The van der Waals surface area contributed by atoms with E-state index in [1.165, 1.54) is 6.07 Å². The summed E-state index contributed by atoms with van der Waals surface area (Å²) in [4.78, 5) is 23.9. The number of nitrogens with one attached hydrogen (secondary N) is 2. The molecule has 0 unspecified atom stereocenters.